The Morgan fingerprint density at radius 3 is 2.31 bits per heavy atom. The van der Waals surface area contributed by atoms with E-state index in [9.17, 15) is 9.59 Å². The van der Waals surface area contributed by atoms with Gasteiger partial charge in [-0.25, -0.2) is 4.79 Å². The number of nitrogens with zero attached hydrogens (tertiary/aromatic N) is 2. The van der Waals surface area contributed by atoms with E-state index in [4.69, 9.17) is 11.6 Å². The van der Waals surface area contributed by atoms with Crippen LogP contribution >= 0.6 is 11.6 Å². The summed E-state index contributed by atoms with van der Waals surface area (Å²) in [5, 5.41) is 3.48. The van der Waals surface area contributed by atoms with Crippen molar-refractivity contribution in [3.05, 3.63) is 64.7 Å². The zero-order valence-corrected chi connectivity index (χ0v) is 15.5. The van der Waals surface area contributed by atoms with Crippen molar-refractivity contribution in [2.45, 2.75) is 13.3 Å². The van der Waals surface area contributed by atoms with Crippen LogP contribution in [0.1, 0.15) is 11.1 Å². The van der Waals surface area contributed by atoms with Gasteiger partial charge in [0, 0.05) is 36.9 Å². The van der Waals surface area contributed by atoms with E-state index in [0.29, 0.717) is 43.3 Å². The average Bonchev–Trinajstić information content (AvgIpc) is 2.64. The molecule has 136 valence electrons. The van der Waals surface area contributed by atoms with Crippen molar-refractivity contribution in [1.82, 2.24) is 9.80 Å². The summed E-state index contributed by atoms with van der Waals surface area (Å²) in [7, 11) is 0. The van der Waals surface area contributed by atoms with E-state index >= 15 is 0 Å². The van der Waals surface area contributed by atoms with Gasteiger partial charge in [0.05, 0.1) is 6.42 Å². The molecule has 0 spiro atoms. The van der Waals surface area contributed by atoms with E-state index in [1.165, 1.54) is 0 Å². The number of rotatable bonds is 3. The lowest BCUT2D eigenvalue weighted by atomic mass is 10.1. The third-order valence-electron chi connectivity index (χ3n) is 4.45. The molecule has 2 aromatic rings. The topological polar surface area (TPSA) is 52.7 Å². The average molecular weight is 372 g/mol. The molecule has 1 fully saturated rings. The van der Waals surface area contributed by atoms with Crippen LogP contribution in [-0.4, -0.2) is 47.9 Å². The van der Waals surface area contributed by atoms with Gasteiger partial charge in [-0.1, -0.05) is 41.4 Å². The smallest absolute Gasteiger partial charge is 0.321 e. The van der Waals surface area contributed by atoms with Gasteiger partial charge in [0.1, 0.15) is 0 Å². The minimum absolute atomic E-state index is 0.105. The third kappa shape index (κ3) is 4.76. The first kappa shape index (κ1) is 18.3. The van der Waals surface area contributed by atoms with E-state index in [1.807, 2.05) is 36.1 Å². The number of halogens is 1. The van der Waals surface area contributed by atoms with E-state index in [2.05, 4.69) is 5.32 Å². The van der Waals surface area contributed by atoms with Crippen LogP contribution in [0.5, 0.6) is 0 Å². The second kappa shape index (κ2) is 8.23. The van der Waals surface area contributed by atoms with Gasteiger partial charge in [0.25, 0.3) is 0 Å². The minimum atomic E-state index is -0.155. The Labute approximate surface area is 158 Å². The fourth-order valence-corrected chi connectivity index (χ4v) is 3.13. The Hall–Kier alpha value is -2.53. The Kier molecular flexibility index (Phi) is 5.78. The van der Waals surface area contributed by atoms with Crippen LogP contribution in [0.25, 0.3) is 0 Å². The molecule has 3 rings (SSSR count). The monoisotopic (exact) mass is 371 g/mol. The van der Waals surface area contributed by atoms with E-state index in [0.717, 1.165) is 11.1 Å². The lowest BCUT2D eigenvalue weighted by molar-refractivity contribution is -0.131. The highest BCUT2D eigenvalue weighted by atomic mass is 35.5. The Bertz CT molecular complexity index is 784. The zero-order valence-electron chi connectivity index (χ0n) is 14.7. The van der Waals surface area contributed by atoms with Crippen LogP contribution in [0.2, 0.25) is 5.02 Å². The molecule has 0 unspecified atom stereocenters. The summed E-state index contributed by atoms with van der Waals surface area (Å²) >= 11 is 5.85. The molecular formula is C20H22ClN3O2. The summed E-state index contributed by atoms with van der Waals surface area (Å²) in [5.41, 5.74) is 2.88. The van der Waals surface area contributed by atoms with Crippen molar-refractivity contribution in [3.63, 3.8) is 0 Å². The van der Waals surface area contributed by atoms with Crippen molar-refractivity contribution in [2.75, 3.05) is 31.5 Å². The predicted octanol–water partition coefficient (Wildman–Crippen LogP) is 3.57. The van der Waals surface area contributed by atoms with Crippen molar-refractivity contribution in [3.8, 4) is 0 Å². The van der Waals surface area contributed by atoms with Crippen molar-refractivity contribution < 1.29 is 9.59 Å². The lowest BCUT2D eigenvalue weighted by Gasteiger charge is -2.34. The van der Waals surface area contributed by atoms with Crippen LogP contribution in [0.15, 0.2) is 48.5 Å². The fraction of sp³-hybridized carbons (Fsp3) is 0.300. The highest BCUT2D eigenvalue weighted by Crippen LogP contribution is 2.15. The number of aryl methyl sites for hydroxylation is 1. The highest BCUT2D eigenvalue weighted by Gasteiger charge is 2.24. The van der Waals surface area contributed by atoms with Gasteiger partial charge in [0.15, 0.2) is 0 Å². The molecule has 0 saturated carbocycles. The molecule has 0 bridgehead atoms. The zero-order chi connectivity index (χ0) is 18.5. The summed E-state index contributed by atoms with van der Waals surface area (Å²) in [6.45, 7) is 4.18. The van der Waals surface area contributed by atoms with Crippen LogP contribution in [0.3, 0.4) is 0 Å². The maximum atomic E-state index is 12.5. The molecule has 0 aromatic heterocycles. The van der Waals surface area contributed by atoms with Gasteiger partial charge in [-0.3, -0.25) is 4.79 Å². The lowest BCUT2D eigenvalue weighted by Crippen LogP contribution is -2.52. The summed E-state index contributed by atoms with van der Waals surface area (Å²) in [6, 6.07) is 14.8. The van der Waals surface area contributed by atoms with Gasteiger partial charge in [-0.15, -0.1) is 0 Å². The van der Waals surface area contributed by atoms with Crippen LogP contribution in [-0.2, 0) is 11.2 Å². The summed E-state index contributed by atoms with van der Waals surface area (Å²) in [5.74, 6) is 0.105. The molecule has 1 aliphatic rings. The van der Waals surface area contributed by atoms with Gasteiger partial charge in [0.2, 0.25) is 5.91 Å². The molecule has 5 nitrogen and oxygen atoms in total. The maximum Gasteiger partial charge on any atom is 0.321 e. The van der Waals surface area contributed by atoms with Crippen molar-refractivity contribution >= 4 is 29.2 Å². The second-order valence-electron chi connectivity index (χ2n) is 6.47. The standard InChI is InChI=1S/C20H22ClN3O2/c1-15-3-2-4-16(13-15)14-19(25)23-9-11-24(12-10-23)20(26)22-18-7-5-17(21)6-8-18/h2-8,13H,9-12,14H2,1H3,(H,22,26). The molecule has 1 saturated heterocycles. The quantitative estimate of drug-likeness (QED) is 0.896. The number of benzene rings is 2. The van der Waals surface area contributed by atoms with Gasteiger partial charge in [-0.05, 0) is 36.8 Å². The molecule has 1 aliphatic heterocycles. The number of hydrogen-bond donors (Lipinski definition) is 1. The van der Waals surface area contributed by atoms with Crippen molar-refractivity contribution in [1.29, 1.82) is 0 Å². The fourth-order valence-electron chi connectivity index (χ4n) is 3.00. The predicted molar refractivity (Wildman–Crippen MR) is 104 cm³/mol. The first-order valence-corrected chi connectivity index (χ1v) is 9.04. The summed E-state index contributed by atoms with van der Waals surface area (Å²) < 4.78 is 0. The number of carbonyl (C=O) groups excluding carboxylic acids is 2. The Morgan fingerprint density at radius 2 is 1.65 bits per heavy atom. The Balaban J connectivity index is 1.49. The molecule has 1 heterocycles. The number of urea groups is 1. The van der Waals surface area contributed by atoms with Crippen LogP contribution < -0.4 is 5.32 Å². The first-order chi connectivity index (χ1) is 12.5. The van der Waals surface area contributed by atoms with Crippen LogP contribution in [0.4, 0.5) is 10.5 Å². The molecule has 26 heavy (non-hydrogen) atoms. The maximum absolute atomic E-state index is 12.5. The number of anilines is 1. The Morgan fingerprint density at radius 1 is 1.00 bits per heavy atom. The number of amides is 3. The molecular weight excluding hydrogens is 350 g/mol. The number of hydrogen-bond acceptors (Lipinski definition) is 2. The van der Waals surface area contributed by atoms with E-state index in [-0.39, 0.29) is 11.9 Å². The minimum Gasteiger partial charge on any atom is -0.339 e. The number of nitrogens with one attached hydrogen (secondary N) is 1. The van der Waals surface area contributed by atoms with Gasteiger partial charge >= 0.3 is 6.03 Å². The summed E-state index contributed by atoms with van der Waals surface area (Å²) in [4.78, 5) is 28.4. The second-order valence-corrected chi connectivity index (χ2v) is 6.91. The molecule has 0 atom stereocenters. The molecule has 6 heteroatoms. The molecule has 3 amide bonds. The largest absolute Gasteiger partial charge is 0.339 e. The van der Waals surface area contributed by atoms with Crippen molar-refractivity contribution in [2.24, 2.45) is 0 Å². The molecule has 1 N–H and O–H groups in total. The highest BCUT2D eigenvalue weighted by molar-refractivity contribution is 6.30. The molecule has 0 aliphatic carbocycles. The van der Waals surface area contributed by atoms with E-state index in [1.54, 1.807) is 29.2 Å². The first-order valence-electron chi connectivity index (χ1n) is 8.66. The van der Waals surface area contributed by atoms with Crippen LogP contribution in [0, 0.1) is 6.92 Å². The third-order valence-corrected chi connectivity index (χ3v) is 4.70. The van der Waals surface area contributed by atoms with E-state index < -0.39 is 0 Å². The summed E-state index contributed by atoms with van der Waals surface area (Å²) in [6.07, 6.45) is 0.401. The molecule has 0 radical (unpaired) electrons. The molecule has 2 aromatic carbocycles. The number of piperazine rings is 1. The van der Waals surface area contributed by atoms with Gasteiger partial charge < -0.3 is 15.1 Å². The van der Waals surface area contributed by atoms with Gasteiger partial charge in [-0.2, -0.15) is 0 Å². The normalized spacial score (nSPS) is 14.2. The number of carbonyl (C=O) groups is 2. The SMILES string of the molecule is Cc1cccc(CC(=O)N2CCN(C(=O)Nc3ccc(Cl)cc3)CC2)c1.